The number of aromatic nitrogens is 2. The number of aromatic carboxylic acids is 1. The summed E-state index contributed by atoms with van der Waals surface area (Å²) in [5, 5.41) is 27.9. The van der Waals surface area contributed by atoms with Gasteiger partial charge in [0, 0.05) is 24.6 Å². The van der Waals surface area contributed by atoms with Crippen LogP contribution < -0.4 is 10.6 Å². The van der Waals surface area contributed by atoms with Gasteiger partial charge in [-0.15, -0.1) is 10.2 Å². The molecule has 0 spiro atoms. The van der Waals surface area contributed by atoms with Gasteiger partial charge in [0.05, 0.1) is 16.9 Å². The van der Waals surface area contributed by atoms with E-state index in [-0.39, 0.29) is 11.7 Å². The Morgan fingerprint density at radius 2 is 1.90 bits per heavy atom. The molecule has 0 bridgehead atoms. The van der Waals surface area contributed by atoms with Crippen LogP contribution in [-0.2, 0) is 0 Å². The lowest BCUT2D eigenvalue weighted by Crippen LogP contribution is -2.35. The van der Waals surface area contributed by atoms with Gasteiger partial charge in [0.2, 0.25) is 0 Å². The third-order valence-corrected chi connectivity index (χ3v) is 6.03. The molecule has 160 valence electrons. The number of anilines is 2. The first-order valence-corrected chi connectivity index (χ1v) is 10.4. The predicted octanol–water partition coefficient (Wildman–Crippen LogP) is 4.13. The fourth-order valence-electron chi connectivity index (χ4n) is 4.42. The van der Waals surface area contributed by atoms with Gasteiger partial charge in [0.25, 0.3) is 0 Å². The van der Waals surface area contributed by atoms with Crippen LogP contribution in [0.5, 0.6) is 5.75 Å². The molecule has 2 aromatic carbocycles. The Kier molecular flexibility index (Phi) is 5.50. The molecule has 3 aromatic rings. The summed E-state index contributed by atoms with van der Waals surface area (Å²) >= 11 is 0. The highest BCUT2D eigenvalue weighted by Gasteiger charge is 2.26. The molecule has 1 unspecified atom stereocenters. The van der Waals surface area contributed by atoms with E-state index in [0.29, 0.717) is 22.6 Å². The normalized spacial score (nSPS) is 16.3. The number of para-hydroxylation sites is 1. The van der Waals surface area contributed by atoms with Crippen molar-refractivity contribution in [3.05, 3.63) is 64.7 Å². The maximum Gasteiger partial charge on any atom is 0.335 e. The van der Waals surface area contributed by atoms with Crippen molar-refractivity contribution in [3.63, 3.8) is 0 Å². The molecule has 1 fully saturated rings. The van der Waals surface area contributed by atoms with Crippen molar-refractivity contribution in [2.24, 2.45) is 0 Å². The number of aryl methyl sites for hydroxylation is 2. The topological polar surface area (TPSA) is 113 Å². The largest absolute Gasteiger partial charge is 0.507 e. The Morgan fingerprint density at radius 1 is 1.13 bits per heavy atom. The van der Waals surface area contributed by atoms with Crippen molar-refractivity contribution in [1.82, 2.24) is 10.2 Å². The van der Waals surface area contributed by atoms with Crippen molar-refractivity contribution in [2.75, 3.05) is 23.7 Å². The summed E-state index contributed by atoms with van der Waals surface area (Å²) < 4.78 is 0. The summed E-state index contributed by atoms with van der Waals surface area (Å²) in [5.41, 5.74) is 11.5. The van der Waals surface area contributed by atoms with Crippen LogP contribution in [0.2, 0.25) is 0 Å². The number of carboxylic acids is 1. The van der Waals surface area contributed by atoms with Gasteiger partial charge in [0.1, 0.15) is 5.75 Å². The van der Waals surface area contributed by atoms with Gasteiger partial charge < -0.3 is 20.8 Å². The average molecular weight is 418 g/mol. The van der Waals surface area contributed by atoms with Crippen molar-refractivity contribution < 1.29 is 15.0 Å². The third kappa shape index (κ3) is 4.03. The molecule has 0 radical (unpaired) electrons. The van der Waals surface area contributed by atoms with Crippen LogP contribution in [0.1, 0.15) is 45.8 Å². The fraction of sp³-hybridized carbons (Fsp3) is 0.292. The first kappa shape index (κ1) is 20.7. The Morgan fingerprint density at radius 3 is 2.65 bits per heavy atom. The number of phenolic OH excluding ortho intramolecular Hbond substituents is 1. The molecule has 1 saturated heterocycles. The molecule has 7 nitrogen and oxygen atoms in total. The standard InChI is InChI=1S/C24H26N4O3/c1-14-11-19(24(30)31)15(2)10-18(14)16-6-5-9-28(13-16)21-12-20(26-27-23(21)25)17-7-3-4-8-22(17)29/h3-4,7-8,10-12,16,29H,5-6,9,13H2,1-2H3,(H2,25,27)(H,30,31). The first-order chi connectivity index (χ1) is 14.8. The lowest BCUT2D eigenvalue weighted by Gasteiger charge is -2.35. The molecule has 31 heavy (non-hydrogen) atoms. The summed E-state index contributed by atoms with van der Waals surface area (Å²) in [4.78, 5) is 13.7. The molecule has 4 rings (SSSR count). The first-order valence-electron chi connectivity index (χ1n) is 10.4. The number of carbonyl (C=O) groups is 1. The molecule has 0 saturated carbocycles. The molecular weight excluding hydrogens is 392 g/mol. The van der Waals surface area contributed by atoms with Crippen molar-refractivity contribution in [1.29, 1.82) is 0 Å². The number of benzene rings is 2. The third-order valence-electron chi connectivity index (χ3n) is 6.03. The maximum absolute atomic E-state index is 11.5. The van der Waals surface area contributed by atoms with Crippen LogP contribution in [-0.4, -0.2) is 39.5 Å². The fourth-order valence-corrected chi connectivity index (χ4v) is 4.42. The van der Waals surface area contributed by atoms with E-state index in [1.807, 2.05) is 32.0 Å². The van der Waals surface area contributed by atoms with Gasteiger partial charge in [-0.1, -0.05) is 18.2 Å². The van der Waals surface area contributed by atoms with Crippen LogP contribution in [0.25, 0.3) is 11.3 Å². The van der Waals surface area contributed by atoms with Crippen LogP contribution in [0.3, 0.4) is 0 Å². The highest BCUT2D eigenvalue weighted by molar-refractivity contribution is 5.89. The smallest absolute Gasteiger partial charge is 0.335 e. The van der Waals surface area contributed by atoms with Gasteiger partial charge in [-0.3, -0.25) is 0 Å². The van der Waals surface area contributed by atoms with Crippen LogP contribution in [0, 0.1) is 13.8 Å². The number of carboxylic acid groups (broad SMARTS) is 1. The molecule has 2 heterocycles. The highest BCUT2D eigenvalue weighted by Crippen LogP contribution is 2.36. The molecule has 0 aliphatic carbocycles. The summed E-state index contributed by atoms with van der Waals surface area (Å²) in [6, 6.07) is 12.7. The Hall–Kier alpha value is -3.61. The minimum absolute atomic E-state index is 0.147. The second-order valence-corrected chi connectivity index (χ2v) is 8.13. The van der Waals surface area contributed by atoms with E-state index in [4.69, 9.17) is 5.73 Å². The number of nitrogen functional groups attached to an aromatic ring is 1. The van der Waals surface area contributed by atoms with Crippen molar-refractivity contribution >= 4 is 17.5 Å². The summed E-state index contributed by atoms with van der Waals surface area (Å²) in [6.45, 7) is 5.41. The monoisotopic (exact) mass is 418 g/mol. The van der Waals surface area contributed by atoms with Gasteiger partial charge in [-0.2, -0.15) is 0 Å². The minimum atomic E-state index is -0.898. The molecule has 0 amide bonds. The van der Waals surface area contributed by atoms with E-state index in [1.54, 1.807) is 24.3 Å². The van der Waals surface area contributed by atoms with Crippen LogP contribution >= 0.6 is 0 Å². The lowest BCUT2D eigenvalue weighted by atomic mass is 9.85. The number of nitrogens with two attached hydrogens (primary N) is 1. The Balaban J connectivity index is 1.65. The molecule has 1 aliphatic rings. The number of hydrogen-bond acceptors (Lipinski definition) is 6. The number of nitrogens with zero attached hydrogens (tertiary/aromatic N) is 3. The molecule has 4 N–H and O–H groups in total. The zero-order valence-electron chi connectivity index (χ0n) is 17.7. The number of hydrogen-bond donors (Lipinski definition) is 3. The number of phenols is 1. The highest BCUT2D eigenvalue weighted by atomic mass is 16.4. The number of rotatable bonds is 4. The van der Waals surface area contributed by atoms with Crippen molar-refractivity contribution in [2.45, 2.75) is 32.6 Å². The molecular formula is C24H26N4O3. The van der Waals surface area contributed by atoms with E-state index in [0.717, 1.165) is 42.7 Å². The quantitative estimate of drug-likeness (QED) is 0.584. The second kappa shape index (κ2) is 8.26. The zero-order chi connectivity index (χ0) is 22.1. The van der Waals surface area contributed by atoms with E-state index < -0.39 is 5.97 Å². The van der Waals surface area contributed by atoms with Gasteiger partial charge in [-0.25, -0.2) is 4.79 Å². The van der Waals surface area contributed by atoms with E-state index in [9.17, 15) is 15.0 Å². The van der Waals surface area contributed by atoms with Gasteiger partial charge >= 0.3 is 5.97 Å². The van der Waals surface area contributed by atoms with E-state index >= 15 is 0 Å². The van der Waals surface area contributed by atoms with Crippen molar-refractivity contribution in [3.8, 4) is 17.0 Å². The summed E-state index contributed by atoms with van der Waals surface area (Å²) in [5.74, 6) is -0.135. The van der Waals surface area contributed by atoms with E-state index in [1.165, 1.54) is 5.56 Å². The second-order valence-electron chi connectivity index (χ2n) is 8.13. The van der Waals surface area contributed by atoms with Gasteiger partial charge in [0.15, 0.2) is 5.82 Å². The van der Waals surface area contributed by atoms with Crippen LogP contribution in [0.15, 0.2) is 42.5 Å². The van der Waals surface area contributed by atoms with Gasteiger partial charge in [-0.05, 0) is 67.6 Å². The maximum atomic E-state index is 11.5. The lowest BCUT2D eigenvalue weighted by molar-refractivity contribution is 0.0696. The summed E-state index contributed by atoms with van der Waals surface area (Å²) in [6.07, 6.45) is 2.01. The SMILES string of the molecule is Cc1cc(C2CCCN(c3cc(-c4ccccc4O)nnc3N)C2)c(C)cc1C(=O)O. The number of piperidine rings is 1. The Bertz CT molecular complexity index is 1150. The molecule has 7 heteroatoms. The summed E-state index contributed by atoms with van der Waals surface area (Å²) in [7, 11) is 0. The molecule has 1 aliphatic heterocycles. The molecule has 1 aromatic heterocycles. The Labute approximate surface area is 181 Å². The number of aromatic hydroxyl groups is 1. The zero-order valence-corrected chi connectivity index (χ0v) is 17.7. The van der Waals surface area contributed by atoms with E-state index in [2.05, 4.69) is 15.1 Å². The molecule has 1 atom stereocenters. The predicted molar refractivity (Wildman–Crippen MR) is 121 cm³/mol. The average Bonchev–Trinajstić information content (AvgIpc) is 2.76. The minimum Gasteiger partial charge on any atom is -0.507 e. The van der Waals surface area contributed by atoms with Crippen LogP contribution in [0.4, 0.5) is 11.5 Å².